The van der Waals surface area contributed by atoms with E-state index in [0.29, 0.717) is 27.9 Å². The van der Waals surface area contributed by atoms with Crippen molar-refractivity contribution in [3.05, 3.63) is 116 Å². The average molecular weight is 668 g/mol. The first-order valence-electron chi connectivity index (χ1n) is 14.6. The van der Waals surface area contributed by atoms with Crippen LogP contribution in [-0.4, -0.2) is 32.9 Å². The van der Waals surface area contributed by atoms with E-state index in [1.54, 1.807) is 12.3 Å². The van der Waals surface area contributed by atoms with Crippen LogP contribution in [0, 0.1) is 5.41 Å². The van der Waals surface area contributed by atoms with Gasteiger partial charge in [0.15, 0.2) is 0 Å². The van der Waals surface area contributed by atoms with E-state index in [4.69, 9.17) is 27.9 Å². The van der Waals surface area contributed by atoms with Crippen LogP contribution in [0.2, 0.25) is 10.0 Å². The molecule has 5 rings (SSSR count). The highest BCUT2D eigenvalue weighted by Crippen LogP contribution is 2.30. The molecule has 0 aliphatic carbocycles. The van der Waals surface area contributed by atoms with Gasteiger partial charge in [0.05, 0.1) is 17.1 Å². The van der Waals surface area contributed by atoms with Gasteiger partial charge in [-0.2, -0.15) is 0 Å². The number of H-pyrrole nitrogens is 1. The number of hydrogen-bond donors (Lipinski definition) is 1. The monoisotopic (exact) mass is 666 g/mol. The zero-order valence-electron chi connectivity index (χ0n) is 26.2. The van der Waals surface area contributed by atoms with Gasteiger partial charge in [-0.15, -0.1) is 11.3 Å². The summed E-state index contributed by atoms with van der Waals surface area (Å²) in [5.41, 5.74) is 3.40. The van der Waals surface area contributed by atoms with Gasteiger partial charge in [0.2, 0.25) is 5.88 Å². The number of rotatable bonds is 8. The molecule has 0 atom stereocenters. The second-order valence-electron chi connectivity index (χ2n) is 13.0. The molecular formula is C36H44Cl2N4O2S. The minimum atomic E-state index is -0.0478. The highest BCUT2D eigenvalue weighted by atomic mass is 35.5. The van der Waals surface area contributed by atoms with E-state index in [9.17, 15) is 4.79 Å². The molecule has 0 aliphatic rings. The molecule has 240 valence electrons. The standard InChI is InChI=1S/C20H24ClN3OS.C15H16ClNO.CH4/c1-20(2,3)13-24(10-8-14-4-6-15(21)7-5-14)12-17-22-16-9-11-26-18(16)19(25)23-17;1-15(2,3)11-8-9-17-14(10-11)18-13-7-5-4-6-12(13)16;/h4-7,9,11H,8,10,12-13H2,1-3H3,(H,22,23,25);4-10H,1-3H3;1H4. The number of hydrogen-bond acceptors (Lipinski definition) is 6. The number of benzene rings is 2. The van der Waals surface area contributed by atoms with Crippen LogP contribution >= 0.6 is 34.5 Å². The van der Waals surface area contributed by atoms with E-state index in [1.807, 2.05) is 53.9 Å². The lowest BCUT2D eigenvalue weighted by Crippen LogP contribution is -2.35. The van der Waals surface area contributed by atoms with E-state index in [-0.39, 0.29) is 23.8 Å². The molecule has 5 aromatic rings. The average Bonchev–Trinajstić information content (AvgIpc) is 3.43. The molecule has 6 nitrogen and oxygen atoms in total. The minimum Gasteiger partial charge on any atom is -0.437 e. The summed E-state index contributed by atoms with van der Waals surface area (Å²) in [5.74, 6) is 1.91. The molecule has 0 saturated heterocycles. The normalized spacial score (nSPS) is 11.6. The first-order valence-corrected chi connectivity index (χ1v) is 16.2. The Hall–Kier alpha value is -3.23. The third kappa shape index (κ3) is 11.3. The molecule has 9 heteroatoms. The van der Waals surface area contributed by atoms with E-state index in [2.05, 4.69) is 73.5 Å². The number of pyridine rings is 1. The summed E-state index contributed by atoms with van der Waals surface area (Å²) >= 11 is 13.5. The number of fused-ring (bicyclic) bond motifs is 1. The number of nitrogens with zero attached hydrogens (tertiary/aromatic N) is 3. The van der Waals surface area contributed by atoms with Gasteiger partial charge in [-0.3, -0.25) is 9.69 Å². The van der Waals surface area contributed by atoms with Crippen LogP contribution in [0.4, 0.5) is 0 Å². The fourth-order valence-electron chi connectivity index (χ4n) is 4.60. The second kappa shape index (κ2) is 15.9. The van der Waals surface area contributed by atoms with Crippen molar-refractivity contribution in [1.82, 2.24) is 19.9 Å². The lowest BCUT2D eigenvalue weighted by molar-refractivity contribution is 0.182. The van der Waals surface area contributed by atoms with Crippen molar-refractivity contribution in [2.75, 3.05) is 13.1 Å². The Bertz CT molecular complexity index is 1720. The van der Waals surface area contributed by atoms with Crippen molar-refractivity contribution in [2.45, 2.75) is 67.3 Å². The van der Waals surface area contributed by atoms with E-state index in [0.717, 1.165) is 35.9 Å². The van der Waals surface area contributed by atoms with Gasteiger partial charge < -0.3 is 9.72 Å². The van der Waals surface area contributed by atoms with E-state index >= 15 is 0 Å². The van der Waals surface area contributed by atoms with Gasteiger partial charge >= 0.3 is 0 Å². The predicted molar refractivity (Wildman–Crippen MR) is 191 cm³/mol. The van der Waals surface area contributed by atoms with Gasteiger partial charge in [0.1, 0.15) is 16.3 Å². The van der Waals surface area contributed by atoms with Gasteiger partial charge in [-0.05, 0) is 70.2 Å². The highest BCUT2D eigenvalue weighted by molar-refractivity contribution is 7.17. The fourth-order valence-corrected chi connectivity index (χ4v) is 5.63. The quantitative estimate of drug-likeness (QED) is 0.178. The Labute approximate surface area is 281 Å². The fraction of sp³-hybridized carbons (Fsp3) is 0.361. The van der Waals surface area contributed by atoms with Crippen molar-refractivity contribution >= 4 is 44.8 Å². The maximum Gasteiger partial charge on any atom is 0.268 e. The number of para-hydroxylation sites is 1. The van der Waals surface area contributed by atoms with Crippen LogP contribution < -0.4 is 10.3 Å². The zero-order chi connectivity index (χ0) is 31.9. The summed E-state index contributed by atoms with van der Waals surface area (Å²) in [6.45, 7) is 15.6. The molecule has 1 N–H and O–H groups in total. The Morgan fingerprint density at radius 2 is 1.67 bits per heavy atom. The molecule has 2 aromatic carbocycles. The Balaban J connectivity index is 0.000000256. The van der Waals surface area contributed by atoms with Crippen LogP contribution in [0.1, 0.15) is 65.9 Å². The molecule has 0 aliphatic heterocycles. The first kappa shape index (κ1) is 36.2. The number of thiophene rings is 1. The summed E-state index contributed by atoms with van der Waals surface area (Å²) in [7, 11) is 0. The maximum absolute atomic E-state index is 12.2. The molecule has 0 spiro atoms. The molecule has 0 saturated carbocycles. The SMILES string of the molecule is C.CC(C)(C)CN(CCc1ccc(Cl)cc1)Cc1nc2ccsc2c(=O)[nH]1.CC(C)(C)c1ccnc(Oc2ccccc2Cl)c1. The molecule has 0 radical (unpaired) electrons. The highest BCUT2D eigenvalue weighted by Gasteiger charge is 2.18. The maximum atomic E-state index is 12.2. The molecule has 0 amide bonds. The summed E-state index contributed by atoms with van der Waals surface area (Å²) < 4.78 is 6.39. The van der Waals surface area contributed by atoms with Crippen molar-refractivity contribution in [3.8, 4) is 11.6 Å². The topological polar surface area (TPSA) is 71.1 Å². The second-order valence-corrected chi connectivity index (χ2v) is 14.7. The van der Waals surface area contributed by atoms with Crippen LogP contribution in [0.15, 0.2) is 83.1 Å². The van der Waals surface area contributed by atoms with E-state index < -0.39 is 0 Å². The predicted octanol–water partition coefficient (Wildman–Crippen LogP) is 10.2. The van der Waals surface area contributed by atoms with Crippen molar-refractivity contribution < 1.29 is 4.74 Å². The molecule has 3 aromatic heterocycles. The summed E-state index contributed by atoms with van der Waals surface area (Å²) in [4.78, 5) is 26.4. The third-order valence-corrected chi connectivity index (χ3v) is 8.18. The smallest absolute Gasteiger partial charge is 0.268 e. The number of aromatic nitrogens is 3. The Kier molecular flexibility index (Phi) is 12.8. The van der Waals surface area contributed by atoms with Gasteiger partial charge in [-0.25, -0.2) is 9.97 Å². The van der Waals surface area contributed by atoms with Crippen LogP contribution in [0.3, 0.4) is 0 Å². The lowest BCUT2D eigenvalue weighted by Gasteiger charge is -2.29. The van der Waals surface area contributed by atoms with Crippen LogP contribution in [0.5, 0.6) is 11.6 Å². The number of ether oxygens (including phenoxy) is 1. The Morgan fingerprint density at radius 3 is 2.33 bits per heavy atom. The van der Waals surface area contributed by atoms with Gasteiger partial charge in [0.25, 0.3) is 5.56 Å². The molecular weight excluding hydrogens is 623 g/mol. The van der Waals surface area contributed by atoms with Crippen molar-refractivity contribution in [2.24, 2.45) is 5.41 Å². The molecule has 0 bridgehead atoms. The van der Waals surface area contributed by atoms with Crippen molar-refractivity contribution in [3.63, 3.8) is 0 Å². The van der Waals surface area contributed by atoms with Crippen LogP contribution in [0.25, 0.3) is 10.2 Å². The summed E-state index contributed by atoms with van der Waals surface area (Å²) in [6, 6.07) is 21.2. The Morgan fingerprint density at radius 1 is 0.956 bits per heavy atom. The summed E-state index contributed by atoms with van der Waals surface area (Å²) in [5, 5.41) is 3.25. The minimum absolute atomic E-state index is 0. The zero-order valence-corrected chi connectivity index (χ0v) is 28.5. The number of aromatic amines is 1. The molecule has 0 unspecified atom stereocenters. The van der Waals surface area contributed by atoms with E-state index in [1.165, 1.54) is 22.5 Å². The molecule has 0 fully saturated rings. The first-order chi connectivity index (χ1) is 20.8. The molecule has 3 heterocycles. The van der Waals surface area contributed by atoms with Gasteiger partial charge in [0, 0.05) is 30.4 Å². The molecule has 45 heavy (non-hydrogen) atoms. The third-order valence-electron chi connectivity index (χ3n) is 6.72. The van der Waals surface area contributed by atoms with Crippen LogP contribution in [-0.2, 0) is 18.4 Å². The van der Waals surface area contributed by atoms with Crippen molar-refractivity contribution in [1.29, 1.82) is 0 Å². The lowest BCUT2D eigenvalue weighted by atomic mass is 9.88. The largest absolute Gasteiger partial charge is 0.437 e. The van der Waals surface area contributed by atoms with Gasteiger partial charge in [-0.1, -0.05) is 96.4 Å². The summed E-state index contributed by atoms with van der Waals surface area (Å²) in [6.07, 6.45) is 2.69. The number of halogens is 2. The number of nitrogens with one attached hydrogen (secondary N) is 1.